The van der Waals surface area contributed by atoms with Gasteiger partial charge in [-0.05, 0) is 53.0 Å². The van der Waals surface area contributed by atoms with Gasteiger partial charge >= 0.3 is 0 Å². The zero-order valence-corrected chi connectivity index (χ0v) is 11.4. The molecule has 2 fully saturated rings. The van der Waals surface area contributed by atoms with Gasteiger partial charge in [0.25, 0.3) is 0 Å². The third-order valence-corrected chi connectivity index (χ3v) is 3.62. The third kappa shape index (κ3) is 3.60. The van der Waals surface area contributed by atoms with Crippen molar-refractivity contribution in [2.75, 3.05) is 13.1 Å². The number of guanidine groups is 1. The van der Waals surface area contributed by atoms with E-state index in [-0.39, 0.29) is 5.54 Å². The molecule has 0 aliphatic carbocycles. The second-order valence-electron chi connectivity index (χ2n) is 6.40. The topological polar surface area (TPSA) is 53.6 Å². The summed E-state index contributed by atoms with van der Waals surface area (Å²) in [5, 5.41) is 3.24. The molecule has 2 heterocycles. The average Bonchev–Trinajstić information content (AvgIpc) is 2.61. The first-order chi connectivity index (χ1) is 7.94. The van der Waals surface area contributed by atoms with Crippen LogP contribution in [0.15, 0.2) is 4.99 Å². The number of hydrogen-bond acceptors (Lipinski definition) is 2. The molecule has 0 spiro atoms. The number of hydrogen-bond donors (Lipinski definition) is 2. The van der Waals surface area contributed by atoms with Gasteiger partial charge in [0.2, 0.25) is 0 Å². The summed E-state index contributed by atoms with van der Waals surface area (Å²) in [5.41, 5.74) is 5.95. The van der Waals surface area contributed by atoms with Crippen molar-refractivity contribution in [2.24, 2.45) is 10.7 Å². The van der Waals surface area contributed by atoms with Gasteiger partial charge in [-0.3, -0.25) is 4.99 Å². The number of fused-ring (bicyclic) bond motifs is 1. The first-order valence-corrected chi connectivity index (χ1v) is 6.79. The second-order valence-corrected chi connectivity index (χ2v) is 6.40. The van der Waals surface area contributed by atoms with Gasteiger partial charge < -0.3 is 16.0 Å². The summed E-state index contributed by atoms with van der Waals surface area (Å²) < 4.78 is 0. The van der Waals surface area contributed by atoms with Gasteiger partial charge in [-0.1, -0.05) is 0 Å². The summed E-state index contributed by atoms with van der Waals surface area (Å²) in [6.07, 6.45) is 5.05. The predicted octanol–water partition coefficient (Wildman–Crippen LogP) is 1.32. The van der Waals surface area contributed by atoms with E-state index in [1.165, 1.54) is 32.4 Å². The van der Waals surface area contributed by atoms with Gasteiger partial charge in [0.1, 0.15) is 0 Å². The van der Waals surface area contributed by atoms with Gasteiger partial charge in [0.05, 0.1) is 6.04 Å². The quantitative estimate of drug-likeness (QED) is 0.535. The normalized spacial score (nSPS) is 31.4. The minimum absolute atomic E-state index is 0.00163. The molecule has 0 radical (unpaired) electrons. The summed E-state index contributed by atoms with van der Waals surface area (Å²) in [6, 6.07) is 1.18. The Balaban J connectivity index is 1.88. The molecule has 0 saturated carbocycles. The maximum absolute atomic E-state index is 5.95. The molecule has 2 atom stereocenters. The molecule has 0 aromatic carbocycles. The van der Waals surface area contributed by atoms with Crippen LogP contribution in [0.1, 0.15) is 46.5 Å². The average molecular weight is 238 g/mol. The van der Waals surface area contributed by atoms with Crippen molar-refractivity contribution in [2.45, 2.75) is 64.1 Å². The first-order valence-electron chi connectivity index (χ1n) is 6.79. The van der Waals surface area contributed by atoms with E-state index < -0.39 is 0 Å². The fourth-order valence-corrected chi connectivity index (χ4v) is 2.93. The number of aliphatic imine (C=N–C) groups is 1. The highest BCUT2D eigenvalue weighted by Gasteiger charge is 2.31. The lowest BCUT2D eigenvalue weighted by Gasteiger charge is -2.33. The Morgan fingerprint density at radius 2 is 2.06 bits per heavy atom. The maximum atomic E-state index is 5.95. The van der Waals surface area contributed by atoms with Gasteiger partial charge in [0.15, 0.2) is 5.96 Å². The highest BCUT2D eigenvalue weighted by Crippen LogP contribution is 2.28. The maximum Gasteiger partial charge on any atom is 0.189 e. The number of nitrogens with one attached hydrogen (secondary N) is 1. The van der Waals surface area contributed by atoms with Crippen LogP contribution in [0.2, 0.25) is 0 Å². The van der Waals surface area contributed by atoms with Gasteiger partial charge in [-0.25, -0.2) is 0 Å². The van der Waals surface area contributed by atoms with E-state index in [9.17, 15) is 0 Å². The number of nitrogens with zero attached hydrogens (tertiary/aromatic N) is 2. The Kier molecular flexibility index (Phi) is 3.61. The fourth-order valence-electron chi connectivity index (χ4n) is 2.93. The molecule has 2 saturated heterocycles. The molecule has 0 aromatic rings. The van der Waals surface area contributed by atoms with Crippen molar-refractivity contribution in [1.29, 1.82) is 0 Å². The second kappa shape index (κ2) is 4.84. The van der Waals surface area contributed by atoms with Crippen LogP contribution in [0.3, 0.4) is 0 Å². The standard InChI is InChI=1S/C13H26N4/c1-13(2,3)16-12(14)15-10-6-8-17-7-4-5-11(17)9-10/h10-11H,4-9H2,1-3H3,(H3,14,15,16). The Morgan fingerprint density at radius 3 is 2.76 bits per heavy atom. The lowest BCUT2D eigenvalue weighted by molar-refractivity contribution is 0.182. The van der Waals surface area contributed by atoms with Crippen molar-refractivity contribution in [1.82, 2.24) is 10.2 Å². The molecule has 4 nitrogen and oxygen atoms in total. The van der Waals surface area contributed by atoms with E-state index in [4.69, 9.17) is 5.73 Å². The van der Waals surface area contributed by atoms with Crippen molar-refractivity contribution in [3.05, 3.63) is 0 Å². The van der Waals surface area contributed by atoms with Crippen LogP contribution in [0, 0.1) is 0 Å². The van der Waals surface area contributed by atoms with Gasteiger partial charge in [-0.2, -0.15) is 0 Å². The Morgan fingerprint density at radius 1 is 1.29 bits per heavy atom. The summed E-state index contributed by atoms with van der Waals surface area (Å²) in [4.78, 5) is 7.25. The molecule has 0 amide bonds. The molecule has 3 N–H and O–H groups in total. The van der Waals surface area contributed by atoms with Crippen LogP contribution < -0.4 is 11.1 Å². The van der Waals surface area contributed by atoms with E-state index in [1.807, 2.05) is 0 Å². The molecular weight excluding hydrogens is 212 g/mol. The molecule has 2 aliphatic heterocycles. The summed E-state index contributed by atoms with van der Waals surface area (Å²) >= 11 is 0. The fraction of sp³-hybridized carbons (Fsp3) is 0.923. The van der Waals surface area contributed by atoms with E-state index in [1.54, 1.807) is 0 Å². The summed E-state index contributed by atoms with van der Waals surface area (Å²) in [6.45, 7) is 8.80. The smallest absolute Gasteiger partial charge is 0.189 e. The molecule has 0 bridgehead atoms. The first kappa shape index (κ1) is 12.7. The highest BCUT2D eigenvalue weighted by atomic mass is 15.2. The minimum atomic E-state index is 0.00163. The molecule has 2 aliphatic rings. The molecule has 2 rings (SSSR count). The van der Waals surface area contributed by atoms with Crippen molar-refractivity contribution < 1.29 is 0 Å². The predicted molar refractivity (Wildman–Crippen MR) is 72.1 cm³/mol. The lowest BCUT2D eigenvalue weighted by atomic mass is 9.98. The zero-order chi connectivity index (χ0) is 12.5. The van der Waals surface area contributed by atoms with Crippen molar-refractivity contribution in [3.8, 4) is 0 Å². The number of rotatable bonds is 1. The molecule has 98 valence electrons. The molecule has 4 heteroatoms. The van der Waals surface area contributed by atoms with Crippen LogP contribution in [0.25, 0.3) is 0 Å². The van der Waals surface area contributed by atoms with Crippen molar-refractivity contribution in [3.63, 3.8) is 0 Å². The molecule has 0 aromatic heterocycles. The minimum Gasteiger partial charge on any atom is -0.370 e. The molecule has 2 unspecified atom stereocenters. The Hall–Kier alpha value is -0.770. The van der Waals surface area contributed by atoms with Crippen LogP contribution in [0.4, 0.5) is 0 Å². The molecule has 17 heavy (non-hydrogen) atoms. The highest BCUT2D eigenvalue weighted by molar-refractivity contribution is 5.78. The number of nitrogens with two attached hydrogens (primary N) is 1. The van der Waals surface area contributed by atoms with Crippen LogP contribution in [-0.4, -0.2) is 41.6 Å². The number of piperidine rings is 1. The van der Waals surface area contributed by atoms with Gasteiger partial charge in [0, 0.05) is 18.1 Å². The van der Waals surface area contributed by atoms with Crippen LogP contribution in [-0.2, 0) is 0 Å². The monoisotopic (exact) mass is 238 g/mol. The van der Waals surface area contributed by atoms with E-state index >= 15 is 0 Å². The van der Waals surface area contributed by atoms with E-state index in [0.29, 0.717) is 12.0 Å². The third-order valence-electron chi connectivity index (χ3n) is 3.62. The lowest BCUT2D eigenvalue weighted by Crippen LogP contribution is -2.46. The summed E-state index contributed by atoms with van der Waals surface area (Å²) in [7, 11) is 0. The Labute approximate surface area is 105 Å². The van der Waals surface area contributed by atoms with Crippen LogP contribution >= 0.6 is 0 Å². The Bertz CT molecular complexity index is 292. The summed E-state index contributed by atoms with van der Waals surface area (Å²) in [5.74, 6) is 0.606. The van der Waals surface area contributed by atoms with E-state index in [2.05, 4.69) is 36.0 Å². The van der Waals surface area contributed by atoms with Crippen LogP contribution in [0.5, 0.6) is 0 Å². The SMILES string of the molecule is CC(C)(C)NC(N)=NC1CCN2CCCC2C1. The molecular formula is C13H26N4. The van der Waals surface area contributed by atoms with Gasteiger partial charge in [-0.15, -0.1) is 0 Å². The van der Waals surface area contributed by atoms with Crippen molar-refractivity contribution >= 4 is 5.96 Å². The largest absolute Gasteiger partial charge is 0.370 e. The zero-order valence-electron chi connectivity index (χ0n) is 11.4. The van der Waals surface area contributed by atoms with E-state index in [0.717, 1.165) is 12.5 Å².